The van der Waals surface area contributed by atoms with Gasteiger partial charge < -0.3 is 5.32 Å². The molecule has 1 atom stereocenters. The molecule has 1 aromatic rings. The molecule has 0 radical (unpaired) electrons. The van der Waals surface area contributed by atoms with E-state index in [1.165, 1.54) is 12.1 Å². The maximum atomic E-state index is 12.7. The normalized spacial score (nSPS) is 15.1. The Morgan fingerprint density at radius 1 is 1.15 bits per heavy atom. The van der Waals surface area contributed by atoms with Crippen molar-refractivity contribution in [3.8, 4) is 0 Å². The van der Waals surface area contributed by atoms with E-state index in [-0.39, 0.29) is 5.41 Å². The van der Waals surface area contributed by atoms with Gasteiger partial charge in [-0.3, -0.25) is 0 Å². The average Bonchev–Trinajstić information content (AvgIpc) is 2.36. The maximum Gasteiger partial charge on any atom is 0.416 e. The molecule has 0 aliphatic carbocycles. The second kappa shape index (κ2) is 7.11. The van der Waals surface area contributed by atoms with Crippen molar-refractivity contribution in [2.24, 2.45) is 5.41 Å². The number of hydrogen-bond acceptors (Lipinski definition) is 1. The summed E-state index contributed by atoms with van der Waals surface area (Å²) in [4.78, 5) is 0. The molecule has 0 amide bonds. The van der Waals surface area contributed by atoms with Gasteiger partial charge in [0.25, 0.3) is 0 Å². The molecular formula is C16H24F3N. The van der Waals surface area contributed by atoms with Crippen LogP contribution in [0.4, 0.5) is 13.2 Å². The van der Waals surface area contributed by atoms with Crippen LogP contribution in [0.5, 0.6) is 0 Å². The van der Waals surface area contributed by atoms with E-state index in [1.54, 1.807) is 6.07 Å². The molecule has 0 saturated carbocycles. The maximum absolute atomic E-state index is 12.7. The summed E-state index contributed by atoms with van der Waals surface area (Å²) < 4.78 is 38.2. The van der Waals surface area contributed by atoms with E-state index in [1.807, 2.05) is 6.92 Å². The zero-order chi connectivity index (χ0) is 15.2. The summed E-state index contributed by atoms with van der Waals surface area (Å²) in [6, 6.07) is 5.69. The second-order valence-corrected chi connectivity index (χ2v) is 5.72. The number of alkyl halides is 3. The van der Waals surface area contributed by atoms with E-state index < -0.39 is 11.7 Å². The summed E-state index contributed by atoms with van der Waals surface area (Å²) in [7, 11) is 0. The summed E-state index contributed by atoms with van der Waals surface area (Å²) in [5, 5.41) is 3.32. The molecule has 0 heterocycles. The third kappa shape index (κ3) is 5.16. The van der Waals surface area contributed by atoms with E-state index in [0.29, 0.717) is 6.42 Å². The summed E-state index contributed by atoms with van der Waals surface area (Å²) in [6.45, 7) is 7.99. The minimum atomic E-state index is -4.27. The lowest BCUT2D eigenvalue weighted by molar-refractivity contribution is -0.137. The van der Waals surface area contributed by atoms with E-state index in [0.717, 1.165) is 37.6 Å². The molecule has 1 aromatic carbocycles. The van der Waals surface area contributed by atoms with Crippen molar-refractivity contribution in [3.63, 3.8) is 0 Å². The van der Waals surface area contributed by atoms with Crippen molar-refractivity contribution in [1.82, 2.24) is 5.32 Å². The lowest BCUT2D eigenvalue weighted by atomic mass is 9.79. The highest BCUT2D eigenvalue weighted by Crippen LogP contribution is 2.32. The first-order valence-electron chi connectivity index (χ1n) is 7.17. The molecular weight excluding hydrogens is 263 g/mol. The van der Waals surface area contributed by atoms with Gasteiger partial charge in [-0.2, -0.15) is 13.2 Å². The van der Waals surface area contributed by atoms with Crippen LogP contribution in [-0.4, -0.2) is 13.1 Å². The Hall–Kier alpha value is -1.03. The van der Waals surface area contributed by atoms with Gasteiger partial charge >= 0.3 is 6.18 Å². The van der Waals surface area contributed by atoms with Gasteiger partial charge in [0.1, 0.15) is 0 Å². The highest BCUT2D eigenvalue weighted by Gasteiger charge is 2.31. The van der Waals surface area contributed by atoms with E-state index in [4.69, 9.17) is 0 Å². The van der Waals surface area contributed by atoms with Crippen molar-refractivity contribution < 1.29 is 13.2 Å². The Kier molecular flexibility index (Phi) is 6.06. The minimum absolute atomic E-state index is 0.00498. The van der Waals surface area contributed by atoms with Gasteiger partial charge in [-0.05, 0) is 36.4 Å². The van der Waals surface area contributed by atoms with Crippen LogP contribution in [0.2, 0.25) is 0 Å². The molecule has 20 heavy (non-hydrogen) atoms. The molecule has 114 valence electrons. The van der Waals surface area contributed by atoms with E-state index >= 15 is 0 Å². The SMILES string of the molecule is CCCC(C)(CNCC)Cc1cccc(C(F)(F)F)c1. The van der Waals surface area contributed by atoms with Crippen LogP contribution < -0.4 is 5.32 Å². The van der Waals surface area contributed by atoms with Gasteiger partial charge in [-0.25, -0.2) is 0 Å². The first-order chi connectivity index (χ1) is 9.30. The summed E-state index contributed by atoms with van der Waals surface area (Å²) in [6.07, 6.45) is -1.58. The predicted octanol–water partition coefficient (Wildman–Crippen LogP) is 4.66. The molecule has 0 saturated heterocycles. The van der Waals surface area contributed by atoms with Gasteiger partial charge in [-0.15, -0.1) is 0 Å². The van der Waals surface area contributed by atoms with Gasteiger partial charge in [0, 0.05) is 6.54 Å². The summed E-state index contributed by atoms with van der Waals surface area (Å²) >= 11 is 0. The van der Waals surface area contributed by atoms with Crippen LogP contribution in [0, 0.1) is 5.41 Å². The Balaban J connectivity index is 2.88. The minimum Gasteiger partial charge on any atom is -0.316 e. The van der Waals surface area contributed by atoms with Gasteiger partial charge in [-0.1, -0.05) is 45.4 Å². The molecule has 0 aromatic heterocycles. The van der Waals surface area contributed by atoms with Crippen LogP contribution in [0.25, 0.3) is 0 Å². The summed E-state index contributed by atoms with van der Waals surface area (Å²) in [5.41, 5.74) is 0.195. The van der Waals surface area contributed by atoms with Crippen molar-refractivity contribution in [2.75, 3.05) is 13.1 Å². The fraction of sp³-hybridized carbons (Fsp3) is 0.625. The molecule has 4 heteroatoms. The van der Waals surface area contributed by atoms with Gasteiger partial charge in [0.05, 0.1) is 5.56 Å². The number of rotatable bonds is 7. The Labute approximate surface area is 119 Å². The van der Waals surface area contributed by atoms with Crippen molar-refractivity contribution in [1.29, 1.82) is 0 Å². The smallest absolute Gasteiger partial charge is 0.316 e. The van der Waals surface area contributed by atoms with Crippen molar-refractivity contribution in [3.05, 3.63) is 35.4 Å². The number of halogens is 3. The van der Waals surface area contributed by atoms with Crippen LogP contribution in [-0.2, 0) is 12.6 Å². The summed E-state index contributed by atoms with van der Waals surface area (Å²) in [5.74, 6) is 0. The molecule has 0 bridgehead atoms. The van der Waals surface area contributed by atoms with E-state index in [9.17, 15) is 13.2 Å². The molecule has 0 spiro atoms. The standard InChI is InChI=1S/C16H24F3N/c1-4-9-15(3,12-20-5-2)11-13-7-6-8-14(10-13)16(17,18)19/h6-8,10,20H,4-5,9,11-12H2,1-3H3. The van der Waals surface area contributed by atoms with Crippen molar-refractivity contribution >= 4 is 0 Å². The third-order valence-electron chi connectivity index (χ3n) is 3.54. The lowest BCUT2D eigenvalue weighted by Gasteiger charge is -2.30. The second-order valence-electron chi connectivity index (χ2n) is 5.72. The molecule has 1 N–H and O–H groups in total. The topological polar surface area (TPSA) is 12.0 Å². The number of hydrogen-bond donors (Lipinski definition) is 1. The fourth-order valence-electron chi connectivity index (χ4n) is 2.62. The molecule has 0 aliphatic rings. The Bertz CT molecular complexity index is 414. The molecule has 0 fully saturated rings. The molecule has 1 nitrogen and oxygen atoms in total. The average molecular weight is 287 g/mol. The van der Waals surface area contributed by atoms with Crippen LogP contribution >= 0.6 is 0 Å². The molecule has 0 aliphatic heterocycles. The monoisotopic (exact) mass is 287 g/mol. The first kappa shape index (κ1) is 17.0. The Morgan fingerprint density at radius 2 is 1.85 bits per heavy atom. The Morgan fingerprint density at radius 3 is 2.40 bits per heavy atom. The van der Waals surface area contributed by atoms with Crippen molar-refractivity contribution in [2.45, 2.75) is 46.2 Å². The van der Waals surface area contributed by atoms with Crippen LogP contribution in [0.3, 0.4) is 0 Å². The highest BCUT2D eigenvalue weighted by atomic mass is 19.4. The zero-order valence-electron chi connectivity index (χ0n) is 12.5. The third-order valence-corrected chi connectivity index (χ3v) is 3.54. The van der Waals surface area contributed by atoms with Crippen LogP contribution in [0.1, 0.15) is 44.7 Å². The highest BCUT2D eigenvalue weighted by molar-refractivity contribution is 5.26. The van der Waals surface area contributed by atoms with Crippen LogP contribution in [0.15, 0.2) is 24.3 Å². The predicted molar refractivity (Wildman–Crippen MR) is 76.7 cm³/mol. The zero-order valence-corrected chi connectivity index (χ0v) is 12.5. The number of nitrogens with one attached hydrogen (secondary N) is 1. The van der Waals surface area contributed by atoms with Gasteiger partial charge in [0.2, 0.25) is 0 Å². The fourth-order valence-corrected chi connectivity index (χ4v) is 2.62. The quantitative estimate of drug-likeness (QED) is 0.769. The van der Waals surface area contributed by atoms with E-state index in [2.05, 4.69) is 19.2 Å². The first-order valence-corrected chi connectivity index (χ1v) is 7.17. The lowest BCUT2D eigenvalue weighted by Crippen LogP contribution is -2.33. The molecule has 1 rings (SSSR count). The van der Waals surface area contributed by atoms with Gasteiger partial charge in [0.15, 0.2) is 0 Å². The number of benzene rings is 1. The molecule has 1 unspecified atom stereocenters. The largest absolute Gasteiger partial charge is 0.416 e.